The van der Waals surface area contributed by atoms with E-state index < -0.39 is 18.6 Å². The van der Waals surface area contributed by atoms with Crippen molar-refractivity contribution < 1.29 is 27.9 Å². The van der Waals surface area contributed by atoms with Gasteiger partial charge < -0.3 is 14.9 Å². The normalized spacial score (nSPS) is 9.78. The van der Waals surface area contributed by atoms with Crippen LogP contribution < -0.4 is 15.5 Å². The predicted molar refractivity (Wildman–Crippen MR) is 57.0 cm³/mol. The quantitative estimate of drug-likeness (QED) is 0.813. The largest absolute Gasteiger partial charge is 0.435 e. The summed E-state index contributed by atoms with van der Waals surface area (Å²) >= 11 is 0. The number of alkyl halides is 2. The third kappa shape index (κ3) is 5.10. The number of carbonyl (C=O) groups excluding carboxylic acids is 2. The van der Waals surface area contributed by atoms with Gasteiger partial charge in [-0.05, 0) is 24.3 Å². The molecule has 0 spiro atoms. The molecule has 0 aromatic heterocycles. The first-order chi connectivity index (χ1) is 8.47. The maximum absolute atomic E-state index is 11.9. The van der Waals surface area contributed by atoms with Crippen LogP contribution in [0.25, 0.3) is 0 Å². The molecule has 0 saturated carbocycles. The molecule has 0 atom stereocenters. The summed E-state index contributed by atoms with van der Waals surface area (Å²) in [6, 6.07) is 4.45. The van der Waals surface area contributed by atoms with E-state index in [4.69, 9.17) is 0 Å². The van der Waals surface area contributed by atoms with Gasteiger partial charge in [-0.1, -0.05) is 0 Å². The molecule has 0 saturated heterocycles. The number of ether oxygens (including phenoxy) is 1. The molecule has 2 N–H and O–H groups in total. The van der Waals surface area contributed by atoms with Crippen molar-refractivity contribution in [2.75, 3.05) is 5.32 Å². The minimum Gasteiger partial charge on any atom is -0.435 e. The molecular weight excluding hydrogens is 250 g/mol. The zero-order valence-electron chi connectivity index (χ0n) is 9.28. The Balaban J connectivity index is 2.48. The zero-order chi connectivity index (χ0) is 13.5. The van der Waals surface area contributed by atoms with Crippen LogP contribution in [0.3, 0.4) is 0 Å². The highest BCUT2D eigenvalue weighted by Crippen LogP contribution is 2.17. The number of hydrogen-bond donors (Lipinski definition) is 2. The highest BCUT2D eigenvalue weighted by atomic mass is 19.3. The summed E-state index contributed by atoms with van der Waals surface area (Å²) < 4.78 is 27.8. The molecule has 1 aromatic rings. The average molecular weight is 260 g/mol. The zero-order valence-corrected chi connectivity index (χ0v) is 9.28. The Kier molecular flexibility index (Phi) is 4.85. The Hall–Kier alpha value is -2.38. The third-order valence-electron chi connectivity index (χ3n) is 1.62. The molecule has 2 amide bonds. The lowest BCUT2D eigenvalue weighted by Crippen LogP contribution is -2.30. The van der Waals surface area contributed by atoms with Crippen LogP contribution in [0.5, 0.6) is 5.75 Å². The Morgan fingerprint density at radius 1 is 1.22 bits per heavy atom. The summed E-state index contributed by atoms with van der Waals surface area (Å²) in [5.41, 5.74) is 2.15. The van der Waals surface area contributed by atoms with Gasteiger partial charge in [-0.2, -0.15) is 14.3 Å². The van der Waals surface area contributed by atoms with Crippen LogP contribution >= 0.6 is 0 Å². The molecule has 1 rings (SSSR count). The van der Waals surface area contributed by atoms with Gasteiger partial charge in [0, 0.05) is 12.6 Å². The summed E-state index contributed by atoms with van der Waals surface area (Å²) in [5.74, 6) is -0.707. The molecule has 0 unspecified atom stereocenters. The first-order valence-electron chi connectivity index (χ1n) is 4.76. The second-order valence-corrected chi connectivity index (χ2v) is 3.05. The van der Waals surface area contributed by atoms with E-state index in [0.29, 0.717) is 5.69 Å². The molecule has 6 nitrogen and oxygen atoms in total. The van der Waals surface area contributed by atoms with Crippen molar-refractivity contribution in [1.82, 2.24) is 5.48 Å². The Labute approximate surface area is 101 Å². The SMILES string of the molecule is CC(=O)ONC(=O)Nc1ccc(OC(F)F)cc1. The topological polar surface area (TPSA) is 76.7 Å². The monoisotopic (exact) mass is 260 g/mol. The Morgan fingerprint density at radius 3 is 2.33 bits per heavy atom. The number of carbonyl (C=O) groups is 2. The van der Waals surface area contributed by atoms with Gasteiger partial charge in [0.2, 0.25) is 0 Å². The van der Waals surface area contributed by atoms with Crippen molar-refractivity contribution in [3.05, 3.63) is 24.3 Å². The number of urea groups is 1. The van der Waals surface area contributed by atoms with Crippen LogP contribution in [-0.4, -0.2) is 18.6 Å². The van der Waals surface area contributed by atoms with E-state index >= 15 is 0 Å². The maximum Gasteiger partial charge on any atom is 0.387 e. The predicted octanol–water partition coefficient (Wildman–Crippen LogP) is 1.89. The van der Waals surface area contributed by atoms with Gasteiger partial charge in [0.15, 0.2) is 0 Å². The molecular formula is C10H10F2N2O4. The number of hydroxylamine groups is 1. The standard InChI is InChI=1S/C10H10F2N2O4/c1-6(15)18-14-10(16)13-7-2-4-8(5-3-7)17-9(11)12/h2-5,9H,1H3,(H2,13,14,16). The number of anilines is 1. The lowest BCUT2D eigenvalue weighted by Gasteiger charge is -2.08. The van der Waals surface area contributed by atoms with Gasteiger partial charge in [0.05, 0.1) is 0 Å². The van der Waals surface area contributed by atoms with Crippen LogP contribution in [-0.2, 0) is 9.63 Å². The van der Waals surface area contributed by atoms with E-state index in [1.807, 2.05) is 5.48 Å². The van der Waals surface area contributed by atoms with Gasteiger partial charge in [0.25, 0.3) is 0 Å². The first-order valence-corrected chi connectivity index (χ1v) is 4.76. The highest BCUT2D eigenvalue weighted by molar-refractivity contribution is 5.89. The number of benzene rings is 1. The smallest absolute Gasteiger partial charge is 0.387 e. The molecule has 1 aromatic carbocycles. The summed E-state index contributed by atoms with van der Waals surface area (Å²) in [6.45, 7) is -1.78. The minimum absolute atomic E-state index is 0.0315. The second-order valence-electron chi connectivity index (χ2n) is 3.05. The summed E-state index contributed by atoms with van der Waals surface area (Å²) in [7, 11) is 0. The fraction of sp³-hybridized carbons (Fsp3) is 0.200. The number of rotatable bonds is 3. The molecule has 0 aliphatic heterocycles. The molecule has 98 valence electrons. The van der Waals surface area contributed by atoms with E-state index in [-0.39, 0.29) is 5.75 Å². The molecule has 0 heterocycles. The van der Waals surface area contributed by atoms with Gasteiger partial charge in [-0.3, -0.25) is 4.79 Å². The highest BCUT2D eigenvalue weighted by Gasteiger charge is 2.06. The second kappa shape index (κ2) is 6.38. The van der Waals surface area contributed by atoms with E-state index in [1.165, 1.54) is 24.3 Å². The van der Waals surface area contributed by atoms with E-state index in [2.05, 4.69) is 14.9 Å². The van der Waals surface area contributed by atoms with Crippen molar-refractivity contribution in [3.63, 3.8) is 0 Å². The van der Waals surface area contributed by atoms with Gasteiger partial charge >= 0.3 is 18.6 Å². The molecule has 8 heteroatoms. The van der Waals surface area contributed by atoms with Crippen LogP contribution in [0.2, 0.25) is 0 Å². The number of halogens is 2. The Morgan fingerprint density at radius 2 is 1.83 bits per heavy atom. The lowest BCUT2D eigenvalue weighted by atomic mass is 10.3. The van der Waals surface area contributed by atoms with E-state index in [0.717, 1.165) is 6.92 Å². The van der Waals surface area contributed by atoms with Gasteiger partial charge in [-0.25, -0.2) is 4.79 Å². The molecule has 0 aliphatic carbocycles. The average Bonchev–Trinajstić information content (AvgIpc) is 2.28. The van der Waals surface area contributed by atoms with E-state index in [1.54, 1.807) is 0 Å². The van der Waals surface area contributed by atoms with Crippen LogP contribution in [0.4, 0.5) is 19.3 Å². The molecule has 0 radical (unpaired) electrons. The summed E-state index contributed by atoms with van der Waals surface area (Å²) in [5, 5.41) is 2.31. The van der Waals surface area contributed by atoms with Crippen LogP contribution in [0, 0.1) is 0 Å². The lowest BCUT2D eigenvalue weighted by molar-refractivity contribution is -0.145. The van der Waals surface area contributed by atoms with Crippen LogP contribution in [0.1, 0.15) is 6.92 Å². The molecule has 0 bridgehead atoms. The summed E-state index contributed by atoms with van der Waals surface area (Å²) in [6.07, 6.45) is 0. The Bertz CT molecular complexity index is 422. The first kappa shape index (κ1) is 13.7. The van der Waals surface area contributed by atoms with Crippen molar-refractivity contribution in [1.29, 1.82) is 0 Å². The number of hydrogen-bond acceptors (Lipinski definition) is 4. The molecule has 0 fully saturated rings. The van der Waals surface area contributed by atoms with Crippen LogP contribution in [0.15, 0.2) is 24.3 Å². The molecule has 18 heavy (non-hydrogen) atoms. The van der Waals surface area contributed by atoms with Gasteiger partial charge in [0.1, 0.15) is 5.75 Å². The van der Waals surface area contributed by atoms with Crippen molar-refractivity contribution in [3.8, 4) is 5.75 Å². The fourth-order valence-corrected chi connectivity index (χ4v) is 0.995. The summed E-state index contributed by atoms with van der Waals surface area (Å²) in [4.78, 5) is 25.8. The minimum atomic E-state index is -2.91. The fourth-order valence-electron chi connectivity index (χ4n) is 0.995. The molecule has 0 aliphatic rings. The van der Waals surface area contributed by atoms with Crippen molar-refractivity contribution >= 4 is 17.7 Å². The third-order valence-corrected chi connectivity index (χ3v) is 1.62. The number of nitrogens with one attached hydrogen (secondary N) is 2. The number of amides is 2. The van der Waals surface area contributed by atoms with E-state index in [9.17, 15) is 18.4 Å². The maximum atomic E-state index is 11.9. The van der Waals surface area contributed by atoms with Crippen molar-refractivity contribution in [2.45, 2.75) is 13.5 Å². The van der Waals surface area contributed by atoms with Crippen molar-refractivity contribution in [2.24, 2.45) is 0 Å². The van der Waals surface area contributed by atoms with Gasteiger partial charge in [-0.15, -0.1) is 0 Å².